The molecule has 0 N–H and O–H groups in total. The van der Waals surface area contributed by atoms with Gasteiger partial charge in [-0.3, -0.25) is 4.98 Å². The summed E-state index contributed by atoms with van der Waals surface area (Å²) in [7, 11) is 0. The van der Waals surface area contributed by atoms with Crippen LogP contribution in [-0.4, -0.2) is 28.2 Å². The second-order valence-corrected chi connectivity index (χ2v) is 5.15. The van der Waals surface area contributed by atoms with Crippen molar-refractivity contribution in [2.24, 2.45) is 0 Å². The first-order valence-electron chi connectivity index (χ1n) is 6.94. The van der Waals surface area contributed by atoms with E-state index in [2.05, 4.69) is 20.0 Å². The van der Waals surface area contributed by atoms with Crippen LogP contribution in [-0.2, 0) is 0 Å². The molecule has 1 aromatic carbocycles. The fourth-order valence-corrected chi connectivity index (χ4v) is 2.59. The minimum Gasteiger partial charge on any atom is -0.338 e. The average molecular weight is 284 g/mol. The van der Waals surface area contributed by atoms with Crippen molar-refractivity contribution in [1.29, 1.82) is 0 Å². The number of hydrogen-bond donors (Lipinski definition) is 0. The van der Waals surface area contributed by atoms with Crippen molar-refractivity contribution in [2.45, 2.75) is 12.8 Å². The molecule has 1 fully saturated rings. The first-order chi connectivity index (χ1) is 10.3. The lowest BCUT2D eigenvalue weighted by atomic mass is 10.1. The lowest BCUT2D eigenvalue weighted by Gasteiger charge is -2.09. The number of rotatable bonds is 2. The van der Waals surface area contributed by atoms with Gasteiger partial charge in [0.1, 0.15) is 11.5 Å². The molecule has 4 rings (SSSR count). The number of nitrogens with zero attached hydrogens (tertiary/aromatic N) is 4. The molecule has 106 valence electrons. The Morgan fingerprint density at radius 3 is 2.81 bits per heavy atom. The predicted molar refractivity (Wildman–Crippen MR) is 76.4 cm³/mol. The van der Waals surface area contributed by atoms with E-state index in [1.807, 2.05) is 0 Å². The smallest absolute Gasteiger partial charge is 0.278 e. The zero-order valence-corrected chi connectivity index (χ0v) is 11.3. The van der Waals surface area contributed by atoms with Gasteiger partial charge in [0, 0.05) is 24.7 Å². The van der Waals surface area contributed by atoms with Crippen LogP contribution in [0.15, 0.2) is 35.0 Å². The Morgan fingerprint density at radius 2 is 1.95 bits per heavy atom. The van der Waals surface area contributed by atoms with Crippen molar-refractivity contribution in [3.63, 3.8) is 0 Å². The normalized spacial score (nSPS) is 15.0. The van der Waals surface area contributed by atoms with Gasteiger partial charge in [-0.05, 0) is 47.6 Å². The fourth-order valence-electron chi connectivity index (χ4n) is 2.59. The van der Waals surface area contributed by atoms with Gasteiger partial charge in [0.05, 0.1) is 0 Å². The molecule has 0 spiro atoms. The molecule has 5 nitrogen and oxygen atoms in total. The molecule has 3 heterocycles. The van der Waals surface area contributed by atoms with E-state index < -0.39 is 0 Å². The van der Waals surface area contributed by atoms with Crippen molar-refractivity contribution in [1.82, 2.24) is 15.1 Å². The number of benzene rings is 1. The fraction of sp³-hybridized carbons (Fsp3) is 0.267. The highest BCUT2D eigenvalue weighted by molar-refractivity contribution is 5.84. The summed E-state index contributed by atoms with van der Waals surface area (Å²) >= 11 is 0. The molecular weight excluding hydrogens is 271 g/mol. The van der Waals surface area contributed by atoms with Gasteiger partial charge in [0.2, 0.25) is 0 Å². The van der Waals surface area contributed by atoms with E-state index in [9.17, 15) is 4.39 Å². The second-order valence-electron chi connectivity index (χ2n) is 5.15. The molecule has 0 amide bonds. The SMILES string of the molecule is Fc1ccc2cnc(-c3nc(N4CCCC4)no3)cc2c1. The van der Waals surface area contributed by atoms with Crippen LogP contribution in [0.3, 0.4) is 0 Å². The molecule has 6 heteroatoms. The average Bonchev–Trinajstić information content (AvgIpc) is 3.17. The number of halogens is 1. The van der Waals surface area contributed by atoms with Gasteiger partial charge in [0.25, 0.3) is 11.8 Å². The van der Waals surface area contributed by atoms with Crippen LogP contribution in [0.4, 0.5) is 10.3 Å². The van der Waals surface area contributed by atoms with Crippen LogP contribution in [0.25, 0.3) is 22.4 Å². The van der Waals surface area contributed by atoms with E-state index >= 15 is 0 Å². The summed E-state index contributed by atoms with van der Waals surface area (Å²) in [5.74, 6) is 0.689. The minimum atomic E-state index is -0.275. The highest BCUT2D eigenvalue weighted by Gasteiger charge is 2.19. The van der Waals surface area contributed by atoms with Crippen molar-refractivity contribution in [3.8, 4) is 11.6 Å². The van der Waals surface area contributed by atoms with E-state index in [4.69, 9.17) is 4.52 Å². The molecular formula is C15H13FN4O. The van der Waals surface area contributed by atoms with Crippen LogP contribution in [0.1, 0.15) is 12.8 Å². The second kappa shape index (κ2) is 4.80. The van der Waals surface area contributed by atoms with Crippen molar-refractivity contribution in [2.75, 3.05) is 18.0 Å². The van der Waals surface area contributed by atoms with Gasteiger partial charge in [-0.25, -0.2) is 4.39 Å². The van der Waals surface area contributed by atoms with Crippen LogP contribution in [0.2, 0.25) is 0 Å². The molecule has 1 aliphatic rings. The third-order valence-corrected chi connectivity index (χ3v) is 3.71. The summed E-state index contributed by atoms with van der Waals surface area (Å²) in [5.41, 5.74) is 0.561. The summed E-state index contributed by atoms with van der Waals surface area (Å²) in [6.07, 6.45) is 3.98. The third-order valence-electron chi connectivity index (χ3n) is 3.71. The van der Waals surface area contributed by atoms with E-state index in [0.717, 1.165) is 36.7 Å². The first-order valence-corrected chi connectivity index (χ1v) is 6.94. The van der Waals surface area contributed by atoms with Gasteiger partial charge >= 0.3 is 0 Å². The van der Waals surface area contributed by atoms with Crippen LogP contribution in [0, 0.1) is 5.82 Å². The maximum Gasteiger partial charge on any atom is 0.278 e. The van der Waals surface area contributed by atoms with Gasteiger partial charge in [-0.15, -0.1) is 0 Å². The predicted octanol–water partition coefficient (Wildman–Crippen LogP) is 3.02. The maximum atomic E-state index is 13.3. The van der Waals surface area contributed by atoms with E-state index in [1.54, 1.807) is 18.3 Å². The minimum absolute atomic E-state index is 0.275. The number of pyridine rings is 1. The summed E-state index contributed by atoms with van der Waals surface area (Å²) < 4.78 is 18.6. The summed E-state index contributed by atoms with van der Waals surface area (Å²) in [4.78, 5) is 10.8. The maximum absolute atomic E-state index is 13.3. The summed E-state index contributed by atoms with van der Waals surface area (Å²) in [6, 6.07) is 6.35. The van der Waals surface area contributed by atoms with Crippen LogP contribution in [0.5, 0.6) is 0 Å². The van der Waals surface area contributed by atoms with E-state index in [1.165, 1.54) is 12.1 Å². The zero-order valence-electron chi connectivity index (χ0n) is 11.3. The van der Waals surface area contributed by atoms with E-state index in [0.29, 0.717) is 17.5 Å². The Labute approximate surface area is 120 Å². The number of fused-ring (bicyclic) bond motifs is 1. The Morgan fingerprint density at radius 1 is 1.10 bits per heavy atom. The highest BCUT2D eigenvalue weighted by Crippen LogP contribution is 2.24. The number of aromatic nitrogens is 3. The molecule has 0 bridgehead atoms. The van der Waals surface area contributed by atoms with Crippen molar-refractivity contribution >= 4 is 16.7 Å². The molecule has 21 heavy (non-hydrogen) atoms. The van der Waals surface area contributed by atoms with Gasteiger partial charge in [-0.2, -0.15) is 4.98 Å². The lowest BCUT2D eigenvalue weighted by molar-refractivity contribution is 0.429. The third kappa shape index (κ3) is 2.22. The van der Waals surface area contributed by atoms with Crippen LogP contribution >= 0.6 is 0 Å². The van der Waals surface area contributed by atoms with Gasteiger partial charge < -0.3 is 9.42 Å². The number of anilines is 1. The first kappa shape index (κ1) is 12.3. The molecule has 1 aliphatic heterocycles. The molecule has 0 saturated carbocycles. The highest BCUT2D eigenvalue weighted by atomic mass is 19.1. The molecule has 3 aromatic rings. The van der Waals surface area contributed by atoms with Crippen molar-refractivity contribution < 1.29 is 8.91 Å². The molecule has 1 saturated heterocycles. The van der Waals surface area contributed by atoms with Crippen LogP contribution < -0.4 is 4.90 Å². The van der Waals surface area contributed by atoms with Gasteiger partial charge in [-0.1, -0.05) is 0 Å². The van der Waals surface area contributed by atoms with E-state index in [-0.39, 0.29) is 5.82 Å². The zero-order chi connectivity index (χ0) is 14.2. The molecule has 2 aromatic heterocycles. The molecule has 0 radical (unpaired) electrons. The monoisotopic (exact) mass is 284 g/mol. The summed E-state index contributed by atoms with van der Waals surface area (Å²) in [5, 5.41) is 5.64. The Balaban J connectivity index is 1.72. The topological polar surface area (TPSA) is 55.1 Å². The van der Waals surface area contributed by atoms with Crippen molar-refractivity contribution in [3.05, 3.63) is 36.3 Å². The molecule has 0 aliphatic carbocycles. The Kier molecular flexibility index (Phi) is 2.80. The molecule has 0 atom stereocenters. The summed E-state index contributed by atoms with van der Waals surface area (Å²) in [6.45, 7) is 1.91. The van der Waals surface area contributed by atoms with Gasteiger partial charge in [0.15, 0.2) is 0 Å². The Bertz CT molecular complexity index is 795. The quantitative estimate of drug-likeness (QED) is 0.724. The standard InChI is InChI=1S/C15H13FN4O/c16-12-4-3-10-9-17-13(8-11(10)7-12)14-18-15(19-21-14)20-5-1-2-6-20/h3-4,7-9H,1-2,5-6H2. The lowest BCUT2D eigenvalue weighted by Crippen LogP contribution is -2.18. The largest absolute Gasteiger partial charge is 0.338 e. The Hall–Kier alpha value is -2.50. The number of hydrogen-bond acceptors (Lipinski definition) is 5. The molecule has 0 unspecified atom stereocenters.